The van der Waals surface area contributed by atoms with Crippen molar-refractivity contribution in [3.63, 3.8) is 0 Å². The van der Waals surface area contributed by atoms with Crippen LogP contribution < -0.4 is 4.90 Å². The zero-order valence-electron chi connectivity index (χ0n) is 29.1. The van der Waals surface area contributed by atoms with E-state index in [9.17, 15) is 0 Å². The van der Waals surface area contributed by atoms with E-state index in [2.05, 4.69) is 175 Å². The van der Waals surface area contributed by atoms with Crippen LogP contribution in [0.4, 0.5) is 17.1 Å². The predicted molar refractivity (Wildman–Crippen MR) is 212 cm³/mol. The molecule has 0 fully saturated rings. The molecule has 3 aromatic heterocycles. The Morgan fingerprint density at radius 3 is 1.78 bits per heavy atom. The Labute approximate surface area is 296 Å². The summed E-state index contributed by atoms with van der Waals surface area (Å²) < 4.78 is 4.77. The van der Waals surface area contributed by atoms with Crippen LogP contribution in [0.15, 0.2) is 146 Å². The highest BCUT2D eigenvalue weighted by atomic mass is 15.2. The Morgan fingerprint density at radius 1 is 0.431 bits per heavy atom. The standard InChI is InChI=1S/C47H36N4/c1-46(2)35-16-7-10-21-41(35)51-43-28-29(23-25-36(43)47(3,4)38-18-11-17-37(46)44(38)51)49-39-19-8-5-13-31(39)33-24-22-30(27-42(33)49)50-40-20-9-6-14-32(40)34-15-12-26-48-45(34)50/h5-28H,1-4H3. The average molecular weight is 657 g/mol. The van der Waals surface area contributed by atoms with Gasteiger partial charge in [0.1, 0.15) is 5.65 Å². The van der Waals surface area contributed by atoms with Gasteiger partial charge in [0.25, 0.3) is 0 Å². The molecule has 5 heterocycles. The highest BCUT2D eigenvalue weighted by molar-refractivity contribution is 6.11. The lowest BCUT2D eigenvalue weighted by Gasteiger charge is -2.49. The van der Waals surface area contributed by atoms with Crippen LogP contribution in [-0.4, -0.2) is 14.1 Å². The number of rotatable bonds is 2. The molecule has 9 aromatic rings. The van der Waals surface area contributed by atoms with E-state index in [4.69, 9.17) is 4.98 Å². The Hall–Kier alpha value is -6.13. The summed E-state index contributed by atoms with van der Waals surface area (Å²) >= 11 is 0. The molecule has 4 nitrogen and oxygen atoms in total. The van der Waals surface area contributed by atoms with Crippen LogP contribution in [0.2, 0.25) is 0 Å². The van der Waals surface area contributed by atoms with Crippen LogP contribution in [0.5, 0.6) is 0 Å². The first-order valence-electron chi connectivity index (χ1n) is 17.9. The molecule has 51 heavy (non-hydrogen) atoms. The molecule has 11 rings (SSSR count). The van der Waals surface area contributed by atoms with Gasteiger partial charge in [-0.25, -0.2) is 4.98 Å². The van der Waals surface area contributed by atoms with E-state index in [0.717, 1.165) is 27.9 Å². The van der Waals surface area contributed by atoms with Crippen molar-refractivity contribution < 1.29 is 0 Å². The molecule has 244 valence electrons. The molecule has 0 N–H and O–H groups in total. The molecule has 0 spiro atoms. The van der Waals surface area contributed by atoms with Gasteiger partial charge in [-0.3, -0.25) is 4.57 Å². The monoisotopic (exact) mass is 656 g/mol. The number of hydrogen-bond donors (Lipinski definition) is 0. The Morgan fingerprint density at radius 2 is 1.00 bits per heavy atom. The van der Waals surface area contributed by atoms with Gasteiger partial charge in [-0.05, 0) is 76.9 Å². The van der Waals surface area contributed by atoms with E-state index in [-0.39, 0.29) is 10.8 Å². The average Bonchev–Trinajstić information content (AvgIpc) is 3.67. The van der Waals surface area contributed by atoms with Crippen molar-refractivity contribution in [2.75, 3.05) is 4.90 Å². The fourth-order valence-electron chi connectivity index (χ4n) is 9.46. The largest absolute Gasteiger partial charge is 0.309 e. The molecule has 0 amide bonds. The number of hydrogen-bond acceptors (Lipinski definition) is 2. The van der Waals surface area contributed by atoms with Crippen molar-refractivity contribution in [2.45, 2.75) is 38.5 Å². The number of aromatic nitrogens is 3. The van der Waals surface area contributed by atoms with Gasteiger partial charge in [-0.15, -0.1) is 0 Å². The van der Waals surface area contributed by atoms with E-state index in [1.54, 1.807) is 0 Å². The van der Waals surface area contributed by atoms with Gasteiger partial charge in [0.15, 0.2) is 0 Å². The van der Waals surface area contributed by atoms with Crippen LogP contribution in [0.3, 0.4) is 0 Å². The summed E-state index contributed by atoms with van der Waals surface area (Å²) in [4.78, 5) is 7.44. The quantitative estimate of drug-likeness (QED) is 0.185. The Kier molecular flexibility index (Phi) is 5.49. The second kappa shape index (κ2) is 9.76. The van der Waals surface area contributed by atoms with Crippen molar-refractivity contribution in [1.29, 1.82) is 0 Å². The SMILES string of the molecule is CC1(C)c2ccccc2N2c3cc(-n4c5ccccc5c5ccc(-n6c7ccccc7c7cccnc76)cc54)ccc3C(C)(C)c3cccc1c32. The molecule has 0 atom stereocenters. The van der Waals surface area contributed by atoms with E-state index in [0.29, 0.717) is 0 Å². The maximum atomic E-state index is 4.89. The Balaban J connectivity index is 1.20. The zero-order chi connectivity index (χ0) is 34.2. The van der Waals surface area contributed by atoms with Gasteiger partial charge in [0.05, 0.1) is 33.6 Å². The van der Waals surface area contributed by atoms with Gasteiger partial charge < -0.3 is 9.47 Å². The molecule has 4 heteroatoms. The lowest BCUT2D eigenvalue weighted by Crippen LogP contribution is -2.38. The van der Waals surface area contributed by atoms with Gasteiger partial charge >= 0.3 is 0 Å². The number of benzene rings is 6. The van der Waals surface area contributed by atoms with Gasteiger partial charge in [-0.2, -0.15) is 0 Å². The summed E-state index contributed by atoms with van der Waals surface area (Å²) in [6.45, 7) is 9.52. The highest BCUT2D eigenvalue weighted by Gasteiger charge is 2.45. The fourth-order valence-corrected chi connectivity index (χ4v) is 9.46. The molecular formula is C47H36N4. The minimum Gasteiger partial charge on any atom is -0.309 e. The van der Waals surface area contributed by atoms with Crippen LogP contribution in [0.25, 0.3) is 55.1 Å². The molecule has 0 unspecified atom stereocenters. The van der Waals surface area contributed by atoms with E-state index >= 15 is 0 Å². The smallest absolute Gasteiger partial charge is 0.145 e. The summed E-state index contributed by atoms with van der Waals surface area (Å²) in [7, 11) is 0. The van der Waals surface area contributed by atoms with Gasteiger partial charge in [0, 0.05) is 49.9 Å². The number of nitrogens with zero attached hydrogens (tertiary/aromatic N) is 4. The summed E-state index contributed by atoms with van der Waals surface area (Å²) in [6.07, 6.45) is 1.89. The first kappa shape index (κ1) is 28.7. The fraction of sp³-hybridized carbons (Fsp3) is 0.128. The zero-order valence-corrected chi connectivity index (χ0v) is 29.1. The van der Waals surface area contributed by atoms with Crippen molar-refractivity contribution >= 4 is 60.8 Å². The molecule has 2 aliphatic heterocycles. The molecule has 0 saturated carbocycles. The topological polar surface area (TPSA) is 26.0 Å². The van der Waals surface area contributed by atoms with Crippen molar-refractivity contribution in [1.82, 2.24) is 14.1 Å². The molecule has 2 aliphatic rings. The number of para-hydroxylation sites is 4. The maximum absolute atomic E-state index is 4.89. The van der Waals surface area contributed by atoms with Crippen LogP contribution in [0, 0.1) is 0 Å². The van der Waals surface area contributed by atoms with Crippen LogP contribution in [-0.2, 0) is 10.8 Å². The molecule has 0 bridgehead atoms. The van der Waals surface area contributed by atoms with Gasteiger partial charge in [-0.1, -0.05) is 113 Å². The third-order valence-corrected chi connectivity index (χ3v) is 11.9. The number of anilines is 3. The molecule has 0 aliphatic carbocycles. The summed E-state index contributed by atoms with van der Waals surface area (Å²) in [6, 6.07) is 51.6. The predicted octanol–water partition coefficient (Wildman–Crippen LogP) is 12.0. The maximum Gasteiger partial charge on any atom is 0.145 e. The number of fused-ring (bicyclic) bond motifs is 10. The highest BCUT2D eigenvalue weighted by Crippen LogP contribution is 2.60. The van der Waals surface area contributed by atoms with Crippen molar-refractivity contribution in [2.24, 2.45) is 0 Å². The van der Waals surface area contributed by atoms with Crippen LogP contribution >= 0.6 is 0 Å². The van der Waals surface area contributed by atoms with E-state index < -0.39 is 0 Å². The second-order valence-corrected chi connectivity index (χ2v) is 15.3. The van der Waals surface area contributed by atoms with E-state index in [1.165, 1.54) is 66.5 Å². The first-order chi connectivity index (χ1) is 24.8. The number of pyridine rings is 1. The molecule has 0 saturated heterocycles. The third-order valence-electron chi connectivity index (χ3n) is 11.9. The summed E-state index contributed by atoms with van der Waals surface area (Å²) in [5.41, 5.74) is 15.7. The third kappa shape index (κ3) is 3.61. The summed E-state index contributed by atoms with van der Waals surface area (Å²) in [5.74, 6) is 0. The van der Waals surface area contributed by atoms with Gasteiger partial charge in [0.2, 0.25) is 0 Å². The minimum absolute atomic E-state index is 0.117. The lowest BCUT2D eigenvalue weighted by molar-refractivity contribution is 0.597. The van der Waals surface area contributed by atoms with E-state index in [1.807, 2.05) is 12.3 Å². The first-order valence-corrected chi connectivity index (χ1v) is 17.9. The molecule has 0 radical (unpaired) electrons. The van der Waals surface area contributed by atoms with Crippen molar-refractivity contribution in [3.05, 3.63) is 168 Å². The molecular weight excluding hydrogens is 621 g/mol. The molecule has 6 aromatic carbocycles. The summed E-state index contributed by atoms with van der Waals surface area (Å²) in [5, 5.41) is 4.85. The van der Waals surface area contributed by atoms with Crippen LogP contribution in [0.1, 0.15) is 49.9 Å². The minimum atomic E-state index is -0.171. The van der Waals surface area contributed by atoms with Crippen molar-refractivity contribution in [3.8, 4) is 11.4 Å². The Bertz CT molecular complexity index is 2870. The second-order valence-electron chi connectivity index (χ2n) is 15.3. The lowest BCUT2D eigenvalue weighted by atomic mass is 9.66. The normalized spacial score (nSPS) is 15.3.